The van der Waals surface area contributed by atoms with E-state index in [1.54, 1.807) is 18.7 Å². The lowest BCUT2D eigenvalue weighted by atomic mass is 9.87. The Morgan fingerprint density at radius 1 is 1.19 bits per heavy atom. The molecule has 1 aliphatic rings. The van der Waals surface area contributed by atoms with E-state index < -0.39 is 5.97 Å². The van der Waals surface area contributed by atoms with E-state index in [9.17, 15) is 14.7 Å². The molecular formula is C22H31N5O4. The summed E-state index contributed by atoms with van der Waals surface area (Å²) < 4.78 is 4.95. The third kappa shape index (κ3) is 6.86. The van der Waals surface area contributed by atoms with Crippen molar-refractivity contribution in [1.82, 2.24) is 24.8 Å². The number of carbonyl (C=O) groups excluding carboxylic acids is 1. The van der Waals surface area contributed by atoms with Crippen molar-refractivity contribution in [2.75, 3.05) is 26.7 Å². The highest BCUT2D eigenvalue weighted by atomic mass is 16.5. The first-order valence-corrected chi connectivity index (χ1v) is 10.7. The quantitative estimate of drug-likeness (QED) is 0.520. The van der Waals surface area contributed by atoms with E-state index in [0.717, 1.165) is 43.5 Å². The van der Waals surface area contributed by atoms with Crippen molar-refractivity contribution >= 4 is 11.9 Å². The maximum atomic E-state index is 12.2. The number of pyridine rings is 1. The van der Waals surface area contributed by atoms with Crippen molar-refractivity contribution in [2.45, 2.75) is 50.7 Å². The molecule has 0 radical (unpaired) electrons. The number of methoxy groups -OCH3 is 1. The van der Waals surface area contributed by atoms with E-state index in [4.69, 9.17) is 4.74 Å². The van der Waals surface area contributed by atoms with Gasteiger partial charge in [-0.15, -0.1) is 0 Å². The summed E-state index contributed by atoms with van der Waals surface area (Å²) in [7, 11) is 1.39. The second kappa shape index (κ2) is 11.6. The van der Waals surface area contributed by atoms with Crippen LogP contribution in [0.4, 0.5) is 0 Å². The number of ether oxygens (including phenoxy) is 1. The zero-order chi connectivity index (χ0) is 22.1. The third-order valence-electron chi connectivity index (χ3n) is 5.84. The molecule has 31 heavy (non-hydrogen) atoms. The number of rotatable bonds is 11. The van der Waals surface area contributed by atoms with Crippen LogP contribution in [-0.4, -0.2) is 80.6 Å². The Labute approximate surface area is 182 Å². The lowest BCUT2D eigenvalue weighted by Gasteiger charge is -2.44. The zero-order valence-electron chi connectivity index (χ0n) is 17.9. The van der Waals surface area contributed by atoms with Crippen molar-refractivity contribution in [3.63, 3.8) is 0 Å². The predicted molar refractivity (Wildman–Crippen MR) is 114 cm³/mol. The summed E-state index contributed by atoms with van der Waals surface area (Å²) in [6, 6.07) is 5.74. The van der Waals surface area contributed by atoms with Gasteiger partial charge in [0.15, 0.2) is 0 Å². The first kappa shape index (κ1) is 22.9. The Balaban J connectivity index is 1.81. The van der Waals surface area contributed by atoms with Crippen LogP contribution < -0.4 is 0 Å². The second-order valence-electron chi connectivity index (χ2n) is 7.91. The lowest BCUT2D eigenvalue weighted by molar-refractivity contribution is -0.144. The standard InChI is InChI=1S/C22H31N5O4/c1-31-22(30)15-26(11-9-17-12-23-16-25-17)19-7-2-3-8-20(19)27(14-21(28)29)13-18-6-4-5-10-24-18/h4-6,10,12,16,19-20H,2-3,7-9,11,13-15H2,1H3,(H,23,25)(H,28,29)/t19?,20-/m0/s1. The van der Waals surface area contributed by atoms with Crippen molar-refractivity contribution in [2.24, 2.45) is 0 Å². The number of esters is 1. The number of hydrogen-bond donors (Lipinski definition) is 2. The van der Waals surface area contributed by atoms with Crippen LogP contribution in [0.15, 0.2) is 36.9 Å². The minimum absolute atomic E-state index is 0.0123. The minimum Gasteiger partial charge on any atom is -0.480 e. The van der Waals surface area contributed by atoms with Gasteiger partial charge in [-0.25, -0.2) is 4.98 Å². The first-order chi connectivity index (χ1) is 15.1. The van der Waals surface area contributed by atoms with E-state index in [-0.39, 0.29) is 31.1 Å². The van der Waals surface area contributed by atoms with Crippen LogP contribution in [0.2, 0.25) is 0 Å². The van der Waals surface area contributed by atoms with Crippen LogP contribution in [0.1, 0.15) is 37.1 Å². The van der Waals surface area contributed by atoms with E-state index >= 15 is 0 Å². The Kier molecular flexibility index (Phi) is 8.54. The third-order valence-corrected chi connectivity index (χ3v) is 5.84. The summed E-state index contributed by atoms with van der Waals surface area (Å²) in [5.74, 6) is -1.15. The molecule has 0 bridgehead atoms. The molecule has 1 aliphatic carbocycles. The molecule has 1 saturated carbocycles. The van der Waals surface area contributed by atoms with E-state index in [1.807, 2.05) is 23.1 Å². The number of nitrogens with one attached hydrogen (secondary N) is 1. The number of nitrogens with zero attached hydrogens (tertiary/aromatic N) is 4. The van der Waals surface area contributed by atoms with Crippen molar-refractivity contribution in [1.29, 1.82) is 0 Å². The number of carboxylic acids is 1. The molecule has 2 aromatic heterocycles. The highest BCUT2D eigenvalue weighted by Crippen LogP contribution is 2.28. The number of hydrogen-bond acceptors (Lipinski definition) is 7. The molecule has 2 heterocycles. The number of aromatic amines is 1. The van der Waals surface area contributed by atoms with Gasteiger partial charge in [-0.2, -0.15) is 0 Å². The summed E-state index contributed by atoms with van der Waals surface area (Å²) in [5, 5.41) is 9.57. The highest BCUT2D eigenvalue weighted by Gasteiger charge is 2.36. The summed E-state index contributed by atoms with van der Waals surface area (Å²) in [6.07, 6.45) is 9.74. The maximum Gasteiger partial charge on any atom is 0.319 e. The molecule has 0 saturated heterocycles. The highest BCUT2D eigenvalue weighted by molar-refractivity contribution is 5.71. The Bertz CT molecular complexity index is 815. The van der Waals surface area contributed by atoms with Crippen LogP contribution in [0.3, 0.4) is 0 Å². The molecule has 3 rings (SSSR count). The number of H-pyrrole nitrogens is 1. The van der Waals surface area contributed by atoms with E-state index in [2.05, 4.69) is 19.9 Å². The average Bonchev–Trinajstić information content (AvgIpc) is 3.30. The van der Waals surface area contributed by atoms with Crippen LogP contribution >= 0.6 is 0 Å². The van der Waals surface area contributed by atoms with Gasteiger partial charge < -0.3 is 14.8 Å². The molecule has 0 aromatic carbocycles. The molecule has 0 spiro atoms. The van der Waals surface area contributed by atoms with Crippen LogP contribution in [-0.2, 0) is 27.3 Å². The molecule has 9 heteroatoms. The molecule has 168 valence electrons. The fraction of sp³-hybridized carbons (Fsp3) is 0.545. The van der Waals surface area contributed by atoms with Crippen molar-refractivity contribution < 1.29 is 19.4 Å². The van der Waals surface area contributed by atoms with E-state index in [0.29, 0.717) is 13.1 Å². The summed E-state index contributed by atoms with van der Waals surface area (Å²) in [4.78, 5) is 39.5. The predicted octanol–water partition coefficient (Wildman–Crippen LogP) is 1.72. The number of carboxylic acid groups (broad SMARTS) is 1. The van der Waals surface area contributed by atoms with E-state index in [1.165, 1.54) is 7.11 Å². The van der Waals surface area contributed by atoms with Gasteiger partial charge in [0.2, 0.25) is 0 Å². The fourth-order valence-corrected chi connectivity index (χ4v) is 4.39. The Hall–Kier alpha value is -2.78. The maximum absolute atomic E-state index is 12.2. The number of aromatic nitrogens is 3. The number of imidazole rings is 1. The van der Waals surface area contributed by atoms with Gasteiger partial charge in [0, 0.05) is 49.7 Å². The largest absolute Gasteiger partial charge is 0.480 e. The molecule has 1 unspecified atom stereocenters. The molecule has 0 amide bonds. The molecular weight excluding hydrogens is 398 g/mol. The molecule has 1 fully saturated rings. The number of aliphatic carboxylic acids is 1. The monoisotopic (exact) mass is 429 g/mol. The molecule has 2 atom stereocenters. The smallest absolute Gasteiger partial charge is 0.319 e. The van der Waals surface area contributed by atoms with Gasteiger partial charge in [-0.3, -0.25) is 24.4 Å². The normalized spacial score (nSPS) is 18.9. The van der Waals surface area contributed by atoms with Crippen LogP contribution in [0.25, 0.3) is 0 Å². The topological polar surface area (TPSA) is 112 Å². The van der Waals surface area contributed by atoms with Crippen LogP contribution in [0.5, 0.6) is 0 Å². The molecule has 2 N–H and O–H groups in total. The second-order valence-corrected chi connectivity index (χ2v) is 7.91. The summed E-state index contributed by atoms with van der Waals surface area (Å²) in [5.41, 5.74) is 1.84. The average molecular weight is 430 g/mol. The molecule has 0 aliphatic heterocycles. The summed E-state index contributed by atoms with van der Waals surface area (Å²) in [6.45, 7) is 1.23. The van der Waals surface area contributed by atoms with Gasteiger partial charge in [-0.05, 0) is 25.0 Å². The van der Waals surface area contributed by atoms with Gasteiger partial charge >= 0.3 is 11.9 Å². The van der Waals surface area contributed by atoms with Crippen molar-refractivity contribution in [3.05, 3.63) is 48.3 Å². The van der Waals surface area contributed by atoms with Crippen molar-refractivity contribution in [3.8, 4) is 0 Å². The van der Waals surface area contributed by atoms with Gasteiger partial charge in [0.1, 0.15) is 0 Å². The number of carbonyl (C=O) groups is 2. The van der Waals surface area contributed by atoms with Gasteiger partial charge in [0.05, 0.1) is 32.2 Å². The van der Waals surface area contributed by atoms with Gasteiger partial charge in [-0.1, -0.05) is 18.9 Å². The van der Waals surface area contributed by atoms with Gasteiger partial charge in [0.25, 0.3) is 0 Å². The minimum atomic E-state index is -0.864. The Morgan fingerprint density at radius 3 is 2.58 bits per heavy atom. The fourth-order valence-electron chi connectivity index (χ4n) is 4.39. The van der Waals surface area contributed by atoms with Crippen LogP contribution in [0, 0.1) is 0 Å². The zero-order valence-corrected chi connectivity index (χ0v) is 17.9. The SMILES string of the molecule is COC(=O)CN(CCc1cnc[nH]1)C1CCCC[C@@H]1N(CC(=O)O)Cc1ccccn1. The lowest BCUT2D eigenvalue weighted by Crippen LogP contribution is -2.55. The molecule has 9 nitrogen and oxygen atoms in total. The molecule has 2 aromatic rings. The summed E-state index contributed by atoms with van der Waals surface area (Å²) >= 11 is 0. The first-order valence-electron chi connectivity index (χ1n) is 10.7. The Morgan fingerprint density at radius 2 is 1.97 bits per heavy atom.